The number of carbonyl (C=O) groups excluding carboxylic acids is 2. The lowest BCUT2D eigenvalue weighted by Gasteiger charge is -2.35. The van der Waals surface area contributed by atoms with Gasteiger partial charge in [-0.1, -0.05) is 56.3 Å². The third-order valence-electron chi connectivity index (χ3n) is 6.04. The molecule has 0 fully saturated rings. The SMILES string of the molecule is CC1=C(C(=O)OCC(C)C)C(c2ccc(NC(=O)c3ccc4ccccc4c3)cc2)NC(=S)N1C. The quantitative estimate of drug-likeness (QED) is 0.357. The van der Waals surface area contributed by atoms with Crippen LogP contribution in [0.15, 0.2) is 78.0 Å². The van der Waals surface area contributed by atoms with Crippen LogP contribution in [0.5, 0.6) is 0 Å². The lowest BCUT2D eigenvalue weighted by molar-refractivity contribution is -0.140. The molecule has 1 atom stereocenters. The Morgan fingerprint density at radius 3 is 2.43 bits per heavy atom. The monoisotopic (exact) mass is 487 g/mol. The van der Waals surface area contributed by atoms with Crippen LogP contribution >= 0.6 is 12.2 Å². The summed E-state index contributed by atoms with van der Waals surface area (Å²) in [5.41, 5.74) is 3.37. The van der Waals surface area contributed by atoms with Crippen molar-refractivity contribution in [2.75, 3.05) is 19.0 Å². The van der Waals surface area contributed by atoms with Crippen LogP contribution in [0.25, 0.3) is 10.8 Å². The van der Waals surface area contributed by atoms with Gasteiger partial charge in [0.15, 0.2) is 5.11 Å². The molecule has 180 valence electrons. The van der Waals surface area contributed by atoms with E-state index in [0.717, 1.165) is 22.0 Å². The first kappa shape index (κ1) is 24.4. The van der Waals surface area contributed by atoms with E-state index in [9.17, 15) is 9.59 Å². The maximum absolute atomic E-state index is 13.0. The fraction of sp³-hybridized carbons (Fsp3) is 0.250. The van der Waals surface area contributed by atoms with Crippen molar-refractivity contribution in [2.45, 2.75) is 26.8 Å². The summed E-state index contributed by atoms with van der Waals surface area (Å²) in [5, 5.41) is 8.82. The zero-order chi connectivity index (χ0) is 25.1. The Kier molecular flexibility index (Phi) is 7.17. The maximum atomic E-state index is 13.0. The van der Waals surface area contributed by atoms with Gasteiger partial charge in [0, 0.05) is 24.0 Å². The molecule has 0 radical (unpaired) electrons. The van der Waals surface area contributed by atoms with Gasteiger partial charge in [-0.15, -0.1) is 0 Å². The highest BCUT2D eigenvalue weighted by Crippen LogP contribution is 2.31. The third kappa shape index (κ3) is 5.35. The minimum absolute atomic E-state index is 0.184. The third-order valence-corrected chi connectivity index (χ3v) is 6.43. The highest BCUT2D eigenvalue weighted by Gasteiger charge is 2.33. The van der Waals surface area contributed by atoms with Gasteiger partial charge in [0.1, 0.15) is 0 Å². The molecule has 6 nitrogen and oxygen atoms in total. The Hall–Kier alpha value is -3.71. The standard InChI is InChI=1S/C28H29N3O3S/c1-17(2)16-34-27(33)24-18(3)31(4)28(35)30-25(24)20-11-13-23(14-12-20)29-26(32)22-10-9-19-7-5-6-8-21(19)15-22/h5-15,17,25H,16H2,1-4H3,(H,29,32)(H,30,35). The number of benzene rings is 3. The van der Waals surface area contributed by atoms with E-state index in [1.807, 2.05) is 94.5 Å². The Morgan fingerprint density at radius 2 is 1.74 bits per heavy atom. The molecule has 0 bridgehead atoms. The van der Waals surface area contributed by atoms with Crippen LogP contribution in [0.2, 0.25) is 0 Å². The molecule has 0 aromatic heterocycles. The largest absolute Gasteiger partial charge is 0.462 e. The molecule has 0 saturated heterocycles. The number of carbonyl (C=O) groups is 2. The number of fused-ring (bicyclic) bond motifs is 1. The van der Waals surface area contributed by atoms with Crippen LogP contribution in [0.4, 0.5) is 5.69 Å². The van der Waals surface area contributed by atoms with E-state index in [1.165, 1.54) is 0 Å². The second-order valence-electron chi connectivity index (χ2n) is 9.07. The van der Waals surface area contributed by atoms with Gasteiger partial charge < -0.3 is 20.3 Å². The number of ether oxygens (including phenoxy) is 1. The molecule has 7 heteroatoms. The summed E-state index contributed by atoms with van der Waals surface area (Å²) >= 11 is 5.47. The molecule has 0 spiro atoms. The molecule has 1 aliphatic rings. The number of allylic oxidation sites excluding steroid dienone is 1. The second-order valence-corrected chi connectivity index (χ2v) is 9.46. The summed E-state index contributed by atoms with van der Waals surface area (Å²) < 4.78 is 5.54. The Balaban J connectivity index is 1.54. The molecule has 2 N–H and O–H groups in total. The average Bonchev–Trinajstić information content (AvgIpc) is 2.85. The first-order chi connectivity index (χ1) is 16.7. The van der Waals surface area contributed by atoms with Crippen molar-refractivity contribution in [3.63, 3.8) is 0 Å². The first-order valence-electron chi connectivity index (χ1n) is 11.6. The number of thiocarbonyl (C=S) groups is 1. The number of hydrogen-bond acceptors (Lipinski definition) is 4. The minimum atomic E-state index is -0.441. The Morgan fingerprint density at radius 1 is 1.06 bits per heavy atom. The van der Waals surface area contributed by atoms with E-state index < -0.39 is 6.04 Å². The molecular formula is C28H29N3O3S. The number of nitrogens with one attached hydrogen (secondary N) is 2. The predicted molar refractivity (Wildman–Crippen MR) is 143 cm³/mol. The molecule has 3 aromatic rings. The molecule has 35 heavy (non-hydrogen) atoms. The van der Waals surface area contributed by atoms with Gasteiger partial charge in [-0.2, -0.15) is 0 Å². The first-order valence-corrected chi connectivity index (χ1v) is 12.0. The molecule has 1 heterocycles. The van der Waals surface area contributed by atoms with Crippen molar-refractivity contribution < 1.29 is 14.3 Å². The van der Waals surface area contributed by atoms with Gasteiger partial charge >= 0.3 is 5.97 Å². The van der Waals surface area contributed by atoms with Crippen LogP contribution in [0, 0.1) is 5.92 Å². The van der Waals surface area contributed by atoms with Crippen LogP contribution in [0.1, 0.15) is 42.7 Å². The molecule has 1 unspecified atom stereocenters. The number of amides is 1. The Bertz CT molecular complexity index is 1310. The van der Waals surface area contributed by atoms with E-state index in [2.05, 4.69) is 10.6 Å². The van der Waals surface area contributed by atoms with Gasteiger partial charge in [-0.3, -0.25) is 4.79 Å². The van der Waals surface area contributed by atoms with E-state index in [4.69, 9.17) is 17.0 Å². The fourth-order valence-corrected chi connectivity index (χ4v) is 4.22. The Labute approximate surface area is 211 Å². The van der Waals surface area contributed by atoms with Crippen molar-refractivity contribution in [3.8, 4) is 0 Å². The lowest BCUT2D eigenvalue weighted by atomic mass is 9.95. The molecule has 3 aromatic carbocycles. The van der Waals surface area contributed by atoms with Crippen molar-refractivity contribution in [1.82, 2.24) is 10.2 Å². The summed E-state index contributed by atoms with van der Waals surface area (Å²) in [6.07, 6.45) is 0. The fourth-order valence-electron chi connectivity index (χ4n) is 3.96. The van der Waals surface area contributed by atoms with Crippen molar-refractivity contribution >= 4 is 45.7 Å². The lowest BCUT2D eigenvalue weighted by Crippen LogP contribution is -2.46. The minimum Gasteiger partial charge on any atom is -0.462 e. The molecule has 1 amide bonds. The molecular weight excluding hydrogens is 458 g/mol. The number of rotatable bonds is 6. The van der Waals surface area contributed by atoms with Crippen molar-refractivity contribution in [1.29, 1.82) is 0 Å². The average molecular weight is 488 g/mol. The van der Waals surface area contributed by atoms with E-state index in [1.54, 1.807) is 4.90 Å². The van der Waals surface area contributed by atoms with Crippen molar-refractivity contribution in [2.24, 2.45) is 5.92 Å². The summed E-state index contributed by atoms with van der Waals surface area (Å²) in [4.78, 5) is 27.6. The van der Waals surface area contributed by atoms with Crippen LogP contribution < -0.4 is 10.6 Å². The molecule has 0 aliphatic carbocycles. The number of hydrogen-bond donors (Lipinski definition) is 2. The van der Waals surface area contributed by atoms with Gasteiger partial charge in [0.25, 0.3) is 5.91 Å². The summed E-state index contributed by atoms with van der Waals surface area (Å²) in [6.45, 7) is 6.20. The highest BCUT2D eigenvalue weighted by atomic mass is 32.1. The number of esters is 1. The summed E-state index contributed by atoms with van der Waals surface area (Å²) in [7, 11) is 1.82. The van der Waals surface area contributed by atoms with E-state index in [-0.39, 0.29) is 17.8 Å². The smallest absolute Gasteiger partial charge is 0.338 e. The van der Waals surface area contributed by atoms with Gasteiger partial charge in [0.2, 0.25) is 0 Å². The molecule has 1 aliphatic heterocycles. The molecule has 0 saturated carbocycles. The highest BCUT2D eigenvalue weighted by molar-refractivity contribution is 7.80. The predicted octanol–water partition coefficient (Wildman–Crippen LogP) is 5.43. The van der Waals surface area contributed by atoms with Crippen molar-refractivity contribution in [3.05, 3.63) is 89.1 Å². The second kappa shape index (κ2) is 10.3. The van der Waals surface area contributed by atoms with Crippen LogP contribution in [-0.4, -0.2) is 35.5 Å². The van der Waals surface area contributed by atoms with Gasteiger partial charge in [-0.05, 0) is 65.7 Å². The summed E-state index contributed by atoms with van der Waals surface area (Å²) in [5.74, 6) is -0.313. The molecule has 4 rings (SSSR count). The zero-order valence-corrected chi connectivity index (χ0v) is 21.1. The summed E-state index contributed by atoms with van der Waals surface area (Å²) in [6, 6.07) is 20.5. The topological polar surface area (TPSA) is 70.7 Å². The normalized spacial score (nSPS) is 15.9. The maximum Gasteiger partial charge on any atom is 0.338 e. The number of anilines is 1. The van der Waals surface area contributed by atoms with E-state index in [0.29, 0.717) is 28.5 Å². The van der Waals surface area contributed by atoms with Gasteiger partial charge in [0.05, 0.1) is 18.2 Å². The van der Waals surface area contributed by atoms with Crippen LogP contribution in [-0.2, 0) is 9.53 Å². The van der Waals surface area contributed by atoms with E-state index >= 15 is 0 Å². The number of nitrogens with zero attached hydrogens (tertiary/aromatic N) is 1. The zero-order valence-electron chi connectivity index (χ0n) is 20.3. The van der Waals surface area contributed by atoms with Gasteiger partial charge in [-0.25, -0.2) is 4.79 Å². The van der Waals surface area contributed by atoms with Crippen LogP contribution in [0.3, 0.4) is 0 Å².